The first-order valence-electron chi connectivity index (χ1n) is 9.48. The molecule has 148 valence electrons. The summed E-state index contributed by atoms with van der Waals surface area (Å²) in [4.78, 5) is 16.3. The molecule has 0 fully saturated rings. The maximum Gasteiger partial charge on any atom is 0.162 e. The Hall–Kier alpha value is -2.36. The van der Waals surface area contributed by atoms with Gasteiger partial charge in [-0.1, -0.05) is 31.5 Å². The Balaban J connectivity index is 1.99. The Labute approximate surface area is 183 Å². The molecule has 1 aromatic carbocycles. The number of anilines is 1. The highest BCUT2D eigenvalue weighted by Crippen LogP contribution is 2.51. The van der Waals surface area contributed by atoms with Gasteiger partial charge < -0.3 is 5.73 Å². The van der Waals surface area contributed by atoms with Gasteiger partial charge in [0.25, 0.3) is 0 Å². The van der Waals surface area contributed by atoms with Gasteiger partial charge in [-0.2, -0.15) is 5.26 Å². The molecule has 1 aliphatic heterocycles. The third-order valence-electron chi connectivity index (χ3n) is 5.55. The summed E-state index contributed by atoms with van der Waals surface area (Å²) in [6, 6.07) is 12.3. The quantitative estimate of drug-likeness (QED) is 0.609. The topological polar surface area (TPSA) is 70.1 Å². The molecule has 0 radical (unpaired) electrons. The second-order valence-electron chi connectivity index (χ2n) is 8.48. The number of thiophene rings is 1. The summed E-state index contributed by atoms with van der Waals surface area (Å²) >= 11 is 5.04. The summed E-state index contributed by atoms with van der Waals surface area (Å²) in [6.07, 6.45) is 1.19. The molecule has 0 bridgehead atoms. The van der Waals surface area contributed by atoms with Gasteiger partial charge in [0, 0.05) is 38.1 Å². The third-order valence-corrected chi connectivity index (χ3v) is 7.30. The number of carbonyl (C=O) groups is 1. The molecule has 2 N–H and O–H groups in total. The van der Waals surface area contributed by atoms with Crippen LogP contribution in [-0.2, 0) is 4.79 Å². The van der Waals surface area contributed by atoms with Crippen molar-refractivity contribution in [3.8, 4) is 6.07 Å². The number of allylic oxidation sites excluding steroid dienone is 3. The van der Waals surface area contributed by atoms with Crippen LogP contribution in [0.5, 0.6) is 0 Å². The van der Waals surface area contributed by atoms with E-state index in [0.29, 0.717) is 23.4 Å². The number of nitriles is 1. The van der Waals surface area contributed by atoms with Crippen LogP contribution in [0.3, 0.4) is 0 Å². The zero-order valence-corrected chi connectivity index (χ0v) is 19.0. The van der Waals surface area contributed by atoms with E-state index in [0.717, 1.165) is 32.7 Å². The highest BCUT2D eigenvalue weighted by Gasteiger charge is 2.45. The normalized spacial score (nSPS) is 21.3. The number of Topliss-reactive ketones (excluding diaryl/α,β-unsaturated/α-hetero) is 1. The molecule has 4 nitrogen and oxygen atoms in total. The largest absolute Gasteiger partial charge is 0.384 e. The number of rotatable bonds is 2. The number of hydrogen-bond donors (Lipinski definition) is 1. The minimum absolute atomic E-state index is 0.100. The smallest absolute Gasteiger partial charge is 0.162 e. The van der Waals surface area contributed by atoms with E-state index >= 15 is 0 Å². The van der Waals surface area contributed by atoms with Crippen molar-refractivity contribution < 1.29 is 4.79 Å². The van der Waals surface area contributed by atoms with Crippen molar-refractivity contribution in [1.29, 1.82) is 5.26 Å². The Kier molecular flexibility index (Phi) is 4.92. The molecule has 1 atom stereocenters. The Morgan fingerprint density at radius 2 is 1.97 bits per heavy atom. The summed E-state index contributed by atoms with van der Waals surface area (Å²) in [6.45, 7) is 6.25. The number of benzene rings is 1. The van der Waals surface area contributed by atoms with E-state index < -0.39 is 5.92 Å². The van der Waals surface area contributed by atoms with Crippen LogP contribution in [-0.4, -0.2) is 5.78 Å². The fraction of sp³-hybridized carbons (Fsp3) is 0.304. The molecule has 2 heterocycles. The van der Waals surface area contributed by atoms with Crippen LogP contribution in [0, 0.1) is 23.7 Å². The predicted molar refractivity (Wildman–Crippen MR) is 120 cm³/mol. The standard InChI is InChI=1S/C23H22BrN3OS/c1-13-4-6-15(7-5-13)27-17-9-23(2,3)10-18(28)21(17)20(16(11-25)22(27)26)19-8-14(24)12-29-19/h4-8,12,20H,9-10,26H2,1-3H3/t20-/m0/s1. The average molecular weight is 468 g/mol. The summed E-state index contributed by atoms with van der Waals surface area (Å²) in [5.74, 6) is 0.106. The number of ketones is 1. The van der Waals surface area contributed by atoms with Gasteiger partial charge in [0.2, 0.25) is 0 Å². The molecule has 0 saturated heterocycles. The minimum Gasteiger partial charge on any atom is -0.384 e. The SMILES string of the molecule is Cc1ccc(N2C(N)=C(C#N)[C@@H](c3cc(Br)cs3)C3=C2CC(C)(C)CC3=O)cc1. The van der Waals surface area contributed by atoms with Gasteiger partial charge in [0.1, 0.15) is 5.82 Å². The van der Waals surface area contributed by atoms with Gasteiger partial charge >= 0.3 is 0 Å². The van der Waals surface area contributed by atoms with Crippen molar-refractivity contribution in [2.45, 2.75) is 39.5 Å². The van der Waals surface area contributed by atoms with E-state index in [1.54, 1.807) is 11.3 Å². The molecule has 0 amide bonds. The van der Waals surface area contributed by atoms with Crippen LogP contribution in [0.4, 0.5) is 5.69 Å². The maximum atomic E-state index is 13.4. The summed E-state index contributed by atoms with van der Waals surface area (Å²) in [5, 5.41) is 12.0. The molecule has 0 spiro atoms. The number of aryl methyl sites for hydroxylation is 1. The molecular weight excluding hydrogens is 446 g/mol. The van der Waals surface area contributed by atoms with E-state index in [9.17, 15) is 10.1 Å². The zero-order valence-electron chi connectivity index (χ0n) is 16.6. The van der Waals surface area contributed by atoms with Gasteiger partial charge in [0.15, 0.2) is 5.78 Å². The summed E-state index contributed by atoms with van der Waals surface area (Å²) in [7, 11) is 0. The molecule has 2 aliphatic rings. The van der Waals surface area contributed by atoms with Gasteiger partial charge in [-0.3, -0.25) is 9.69 Å². The van der Waals surface area contributed by atoms with E-state index in [4.69, 9.17) is 5.73 Å². The highest BCUT2D eigenvalue weighted by atomic mass is 79.9. The van der Waals surface area contributed by atoms with Crippen molar-refractivity contribution in [3.05, 3.63) is 73.3 Å². The number of halogens is 1. The Bertz CT molecular complexity index is 1100. The average Bonchev–Trinajstić information content (AvgIpc) is 3.07. The number of carbonyl (C=O) groups excluding carboxylic acids is 1. The lowest BCUT2D eigenvalue weighted by atomic mass is 9.69. The fourth-order valence-electron chi connectivity index (χ4n) is 4.26. The van der Waals surface area contributed by atoms with Crippen LogP contribution in [0.2, 0.25) is 0 Å². The number of nitrogens with two attached hydrogens (primary N) is 1. The Morgan fingerprint density at radius 1 is 1.28 bits per heavy atom. The van der Waals surface area contributed by atoms with Crippen molar-refractivity contribution in [2.24, 2.45) is 11.1 Å². The van der Waals surface area contributed by atoms with E-state index in [1.165, 1.54) is 0 Å². The van der Waals surface area contributed by atoms with Gasteiger partial charge in [-0.25, -0.2) is 0 Å². The monoisotopic (exact) mass is 467 g/mol. The minimum atomic E-state index is -0.406. The molecule has 29 heavy (non-hydrogen) atoms. The van der Waals surface area contributed by atoms with E-state index in [2.05, 4.69) is 35.8 Å². The second-order valence-corrected chi connectivity index (χ2v) is 10.3. The number of hydrogen-bond acceptors (Lipinski definition) is 5. The third kappa shape index (κ3) is 3.43. The first kappa shape index (κ1) is 19.9. The summed E-state index contributed by atoms with van der Waals surface area (Å²) < 4.78 is 0.945. The second kappa shape index (κ2) is 7.16. The molecule has 0 unspecified atom stereocenters. The van der Waals surface area contributed by atoms with Crippen LogP contribution < -0.4 is 10.6 Å². The van der Waals surface area contributed by atoms with Crippen LogP contribution in [0.25, 0.3) is 0 Å². The zero-order chi connectivity index (χ0) is 20.9. The molecule has 4 rings (SSSR count). The van der Waals surface area contributed by atoms with Crippen molar-refractivity contribution in [2.75, 3.05) is 4.90 Å². The Morgan fingerprint density at radius 3 is 2.55 bits per heavy atom. The lowest BCUT2D eigenvalue weighted by Gasteiger charge is -2.43. The van der Waals surface area contributed by atoms with Gasteiger partial charge in [0.05, 0.1) is 17.6 Å². The van der Waals surface area contributed by atoms with Gasteiger partial charge in [-0.15, -0.1) is 11.3 Å². The van der Waals surface area contributed by atoms with Crippen molar-refractivity contribution in [1.82, 2.24) is 0 Å². The molecule has 2 aromatic rings. The number of nitrogens with zero attached hydrogens (tertiary/aromatic N) is 2. The molecule has 0 saturated carbocycles. The first-order chi connectivity index (χ1) is 13.7. The lowest BCUT2D eigenvalue weighted by molar-refractivity contribution is -0.118. The predicted octanol–water partition coefficient (Wildman–Crippen LogP) is 5.76. The van der Waals surface area contributed by atoms with E-state index in [-0.39, 0.29) is 11.2 Å². The maximum absolute atomic E-state index is 13.4. The molecule has 1 aromatic heterocycles. The van der Waals surface area contributed by atoms with E-state index in [1.807, 2.05) is 47.5 Å². The van der Waals surface area contributed by atoms with Gasteiger partial charge in [-0.05, 0) is 52.9 Å². The molecular formula is C23H22BrN3OS. The molecule has 1 aliphatic carbocycles. The molecule has 6 heteroatoms. The van der Waals surface area contributed by atoms with Crippen molar-refractivity contribution >= 4 is 38.7 Å². The first-order valence-corrected chi connectivity index (χ1v) is 11.2. The van der Waals surface area contributed by atoms with Crippen LogP contribution >= 0.6 is 27.3 Å². The van der Waals surface area contributed by atoms with Crippen LogP contribution in [0.15, 0.2) is 62.8 Å². The van der Waals surface area contributed by atoms with Crippen molar-refractivity contribution in [3.63, 3.8) is 0 Å². The highest BCUT2D eigenvalue weighted by molar-refractivity contribution is 9.10. The lowest BCUT2D eigenvalue weighted by Crippen LogP contribution is -2.42. The summed E-state index contributed by atoms with van der Waals surface area (Å²) in [5.41, 5.74) is 10.5. The fourth-order valence-corrected chi connectivity index (χ4v) is 5.82. The van der Waals surface area contributed by atoms with Crippen LogP contribution in [0.1, 0.15) is 43.0 Å².